The molecule has 1 N–H and O–H groups in total. The summed E-state index contributed by atoms with van der Waals surface area (Å²) in [6.07, 6.45) is 4.30. The zero-order valence-electron chi connectivity index (χ0n) is 13.6. The number of benzene rings is 1. The SMILES string of the molecule is C=CCn1c(CNS(=O)(=O)c2ccc(Cl)cc2)nnc1SCC1CC1. The van der Waals surface area contributed by atoms with Gasteiger partial charge in [-0.25, -0.2) is 13.1 Å². The van der Waals surface area contributed by atoms with Crippen LogP contribution in [0.15, 0.2) is 47.0 Å². The summed E-state index contributed by atoms with van der Waals surface area (Å²) in [4.78, 5) is 0.162. The molecule has 1 heterocycles. The van der Waals surface area contributed by atoms with Gasteiger partial charge in [0.25, 0.3) is 0 Å². The molecule has 1 aromatic heterocycles. The summed E-state index contributed by atoms with van der Waals surface area (Å²) in [6.45, 7) is 4.36. The Morgan fingerprint density at radius 2 is 2.04 bits per heavy atom. The number of thioether (sulfide) groups is 1. The van der Waals surface area contributed by atoms with E-state index in [4.69, 9.17) is 11.6 Å². The van der Waals surface area contributed by atoms with Crippen LogP contribution in [0.4, 0.5) is 0 Å². The number of halogens is 1. The Morgan fingerprint density at radius 1 is 1.32 bits per heavy atom. The lowest BCUT2D eigenvalue weighted by Gasteiger charge is -2.09. The number of nitrogens with zero attached hydrogens (tertiary/aromatic N) is 3. The number of allylic oxidation sites excluding steroid dienone is 1. The highest BCUT2D eigenvalue weighted by atomic mass is 35.5. The van der Waals surface area contributed by atoms with Crippen molar-refractivity contribution in [2.75, 3.05) is 5.75 Å². The van der Waals surface area contributed by atoms with E-state index in [1.54, 1.807) is 30.0 Å². The molecule has 3 rings (SSSR count). The molecule has 1 saturated carbocycles. The van der Waals surface area contributed by atoms with Crippen molar-refractivity contribution < 1.29 is 8.42 Å². The molecule has 0 saturated heterocycles. The van der Waals surface area contributed by atoms with Crippen LogP contribution < -0.4 is 4.72 Å². The first-order valence-electron chi connectivity index (χ1n) is 7.90. The second-order valence-corrected chi connectivity index (χ2v) is 9.02. The quantitative estimate of drug-likeness (QED) is 0.518. The van der Waals surface area contributed by atoms with Gasteiger partial charge in [0.2, 0.25) is 10.0 Å². The molecule has 0 bridgehead atoms. The Bertz CT molecular complexity index is 846. The zero-order valence-corrected chi connectivity index (χ0v) is 15.9. The van der Waals surface area contributed by atoms with Gasteiger partial charge >= 0.3 is 0 Å². The van der Waals surface area contributed by atoms with Crippen molar-refractivity contribution in [3.05, 3.63) is 47.8 Å². The van der Waals surface area contributed by atoms with Crippen LogP contribution in [0.25, 0.3) is 0 Å². The topological polar surface area (TPSA) is 76.9 Å². The van der Waals surface area contributed by atoms with Gasteiger partial charge in [0.05, 0.1) is 11.4 Å². The first-order valence-corrected chi connectivity index (χ1v) is 10.8. The van der Waals surface area contributed by atoms with Crippen LogP contribution in [0.3, 0.4) is 0 Å². The van der Waals surface area contributed by atoms with Crippen LogP contribution in [-0.2, 0) is 23.1 Å². The fraction of sp³-hybridized carbons (Fsp3) is 0.375. The average molecular weight is 399 g/mol. The van der Waals surface area contributed by atoms with E-state index in [2.05, 4.69) is 21.5 Å². The molecule has 0 aliphatic heterocycles. The van der Waals surface area contributed by atoms with Crippen LogP contribution in [-0.4, -0.2) is 28.9 Å². The molecule has 1 aliphatic rings. The van der Waals surface area contributed by atoms with Crippen molar-refractivity contribution in [3.8, 4) is 0 Å². The van der Waals surface area contributed by atoms with Crippen molar-refractivity contribution in [3.63, 3.8) is 0 Å². The highest BCUT2D eigenvalue weighted by molar-refractivity contribution is 7.99. The maximum absolute atomic E-state index is 12.4. The van der Waals surface area contributed by atoms with Gasteiger partial charge in [0.1, 0.15) is 5.82 Å². The van der Waals surface area contributed by atoms with E-state index < -0.39 is 10.0 Å². The molecule has 0 radical (unpaired) electrons. The van der Waals surface area contributed by atoms with E-state index in [1.807, 2.05) is 4.57 Å². The van der Waals surface area contributed by atoms with Crippen LogP contribution in [0.5, 0.6) is 0 Å². The molecule has 1 aromatic carbocycles. The van der Waals surface area contributed by atoms with Crippen molar-refractivity contribution >= 4 is 33.4 Å². The molecular weight excluding hydrogens is 380 g/mol. The lowest BCUT2D eigenvalue weighted by molar-refractivity contribution is 0.574. The van der Waals surface area contributed by atoms with Gasteiger partial charge in [-0.15, -0.1) is 16.8 Å². The summed E-state index contributed by atoms with van der Waals surface area (Å²) in [5.41, 5.74) is 0. The van der Waals surface area contributed by atoms with Crippen LogP contribution >= 0.6 is 23.4 Å². The summed E-state index contributed by atoms with van der Waals surface area (Å²) in [5.74, 6) is 2.35. The van der Waals surface area contributed by atoms with Crippen molar-refractivity contribution in [2.45, 2.75) is 36.0 Å². The second-order valence-electron chi connectivity index (χ2n) is 5.83. The first-order chi connectivity index (χ1) is 12.0. The lowest BCUT2D eigenvalue weighted by atomic mass is 10.4. The molecule has 1 fully saturated rings. The number of rotatable bonds is 9. The smallest absolute Gasteiger partial charge is 0.240 e. The summed E-state index contributed by atoms with van der Waals surface area (Å²) in [6, 6.07) is 6.03. The average Bonchev–Trinajstić information content (AvgIpc) is 3.34. The van der Waals surface area contributed by atoms with E-state index in [0.717, 1.165) is 16.8 Å². The minimum absolute atomic E-state index is 0.0653. The molecule has 134 valence electrons. The number of aromatic nitrogens is 3. The molecule has 0 atom stereocenters. The molecular formula is C16H19ClN4O2S2. The van der Waals surface area contributed by atoms with E-state index in [-0.39, 0.29) is 11.4 Å². The lowest BCUT2D eigenvalue weighted by Crippen LogP contribution is -2.25. The Labute approximate surface area is 156 Å². The van der Waals surface area contributed by atoms with Crippen LogP contribution in [0, 0.1) is 5.92 Å². The predicted molar refractivity (Wildman–Crippen MR) is 99.1 cm³/mol. The Kier molecular flexibility index (Phi) is 5.83. The summed E-state index contributed by atoms with van der Waals surface area (Å²) in [7, 11) is -3.64. The van der Waals surface area contributed by atoms with E-state index in [0.29, 0.717) is 17.4 Å². The molecule has 6 nitrogen and oxygen atoms in total. The van der Waals surface area contributed by atoms with Gasteiger partial charge in [-0.1, -0.05) is 29.4 Å². The summed E-state index contributed by atoms with van der Waals surface area (Å²) in [5, 5.41) is 9.62. The normalized spacial score (nSPS) is 14.6. The molecule has 1 aliphatic carbocycles. The van der Waals surface area contributed by atoms with E-state index >= 15 is 0 Å². The fourth-order valence-electron chi connectivity index (χ4n) is 2.20. The third-order valence-corrected chi connectivity index (χ3v) is 6.66. The zero-order chi connectivity index (χ0) is 17.9. The Hall–Kier alpha value is -1.35. The fourth-order valence-corrected chi connectivity index (χ4v) is 4.46. The predicted octanol–water partition coefficient (Wildman–Crippen LogP) is 3.10. The molecule has 2 aromatic rings. The van der Waals surface area contributed by atoms with Crippen LogP contribution in [0.2, 0.25) is 5.02 Å². The molecule has 0 unspecified atom stereocenters. The second kappa shape index (κ2) is 7.90. The molecule has 9 heteroatoms. The number of nitrogens with one attached hydrogen (secondary N) is 1. The molecule has 25 heavy (non-hydrogen) atoms. The highest BCUT2D eigenvalue weighted by Gasteiger charge is 2.23. The van der Waals surface area contributed by atoms with Gasteiger partial charge < -0.3 is 4.57 Å². The number of hydrogen-bond donors (Lipinski definition) is 1. The highest BCUT2D eigenvalue weighted by Crippen LogP contribution is 2.34. The standard InChI is InChI=1S/C16H19ClN4O2S2/c1-2-9-21-15(19-20-16(21)24-11-12-3-4-12)10-18-25(22,23)14-7-5-13(17)6-8-14/h2,5-8,12,18H,1,3-4,9-11H2. The van der Waals surface area contributed by atoms with E-state index in [9.17, 15) is 8.42 Å². The van der Waals surface area contributed by atoms with Gasteiger partial charge in [-0.3, -0.25) is 0 Å². The summed E-state index contributed by atoms with van der Waals surface area (Å²) >= 11 is 7.46. The Balaban J connectivity index is 1.70. The van der Waals surface area contributed by atoms with E-state index in [1.165, 1.54) is 25.0 Å². The molecule has 0 amide bonds. The third-order valence-electron chi connectivity index (χ3n) is 3.79. The number of sulfonamides is 1. The minimum Gasteiger partial charge on any atom is -0.301 e. The van der Waals surface area contributed by atoms with Crippen molar-refractivity contribution in [1.82, 2.24) is 19.5 Å². The summed E-state index contributed by atoms with van der Waals surface area (Å²) < 4.78 is 29.2. The van der Waals surface area contributed by atoms with Gasteiger partial charge in [0, 0.05) is 17.3 Å². The van der Waals surface area contributed by atoms with Gasteiger partial charge in [-0.2, -0.15) is 0 Å². The monoisotopic (exact) mass is 398 g/mol. The van der Waals surface area contributed by atoms with Gasteiger partial charge in [0.15, 0.2) is 5.16 Å². The third kappa shape index (κ3) is 4.84. The maximum Gasteiger partial charge on any atom is 0.240 e. The molecule has 0 spiro atoms. The first kappa shape index (κ1) is 18.4. The van der Waals surface area contributed by atoms with Crippen LogP contribution in [0.1, 0.15) is 18.7 Å². The van der Waals surface area contributed by atoms with Crippen molar-refractivity contribution in [1.29, 1.82) is 0 Å². The van der Waals surface area contributed by atoms with Crippen molar-refractivity contribution in [2.24, 2.45) is 5.92 Å². The number of hydrogen-bond acceptors (Lipinski definition) is 5. The minimum atomic E-state index is -3.64. The maximum atomic E-state index is 12.4. The largest absolute Gasteiger partial charge is 0.301 e. The van der Waals surface area contributed by atoms with Gasteiger partial charge in [-0.05, 0) is 43.0 Å². The Morgan fingerprint density at radius 3 is 2.68 bits per heavy atom.